The summed E-state index contributed by atoms with van der Waals surface area (Å²) in [5.41, 5.74) is -0.662. The zero-order valence-electron chi connectivity index (χ0n) is 9.99. The molecule has 6 heteroatoms. The fourth-order valence-electron chi connectivity index (χ4n) is 1.93. The summed E-state index contributed by atoms with van der Waals surface area (Å²) in [5, 5.41) is 8.64. The molecule has 1 N–H and O–H groups in total. The number of hydrogen-bond donors (Lipinski definition) is 1. The molecule has 102 valence electrons. The van der Waals surface area contributed by atoms with Gasteiger partial charge in [-0.1, -0.05) is 13.0 Å². The molecular formula is C13H11F3O3. The molecule has 1 heterocycles. The lowest BCUT2D eigenvalue weighted by Crippen LogP contribution is -2.04. The molecule has 1 aromatic heterocycles. The zero-order valence-corrected chi connectivity index (χ0v) is 9.99. The topological polar surface area (TPSA) is 50.4 Å². The van der Waals surface area contributed by atoms with Gasteiger partial charge in [0, 0.05) is 11.3 Å². The minimum absolute atomic E-state index is 0.0396. The highest BCUT2D eigenvalue weighted by Gasteiger charge is 2.33. The molecule has 0 fully saturated rings. The van der Waals surface area contributed by atoms with E-state index in [4.69, 9.17) is 9.52 Å². The minimum atomic E-state index is -4.46. The lowest BCUT2D eigenvalue weighted by Gasteiger charge is -2.06. The van der Waals surface area contributed by atoms with Gasteiger partial charge in [-0.15, -0.1) is 0 Å². The molecule has 19 heavy (non-hydrogen) atoms. The fraction of sp³-hybridized carbons (Fsp3) is 0.308. The Balaban J connectivity index is 2.49. The zero-order chi connectivity index (χ0) is 14.2. The van der Waals surface area contributed by atoms with Crippen molar-refractivity contribution in [2.24, 2.45) is 0 Å². The molecule has 0 amide bonds. The first-order valence-corrected chi connectivity index (χ1v) is 5.60. The molecule has 2 aromatic rings. The van der Waals surface area contributed by atoms with Gasteiger partial charge in [-0.2, -0.15) is 13.2 Å². The first-order chi connectivity index (χ1) is 8.79. The number of fused-ring (bicyclic) bond motifs is 1. The van der Waals surface area contributed by atoms with Crippen LogP contribution in [0.5, 0.6) is 0 Å². The van der Waals surface area contributed by atoms with Crippen LogP contribution < -0.4 is 0 Å². The monoisotopic (exact) mass is 272 g/mol. The summed E-state index contributed by atoms with van der Waals surface area (Å²) >= 11 is 0. The molecule has 0 aliphatic heterocycles. The van der Waals surface area contributed by atoms with Crippen molar-refractivity contribution in [3.63, 3.8) is 0 Å². The van der Waals surface area contributed by atoms with Crippen LogP contribution in [0.3, 0.4) is 0 Å². The number of rotatable bonds is 3. The molecule has 0 saturated heterocycles. The maximum Gasteiger partial charge on any atom is 0.417 e. The van der Waals surface area contributed by atoms with Crippen molar-refractivity contribution in [3.05, 3.63) is 35.6 Å². The number of benzene rings is 1. The highest BCUT2D eigenvalue weighted by Crippen LogP contribution is 2.37. The SMILES string of the molecule is CC(CC(=O)O)c1cc2c(C(F)(F)F)cccc2o1. The van der Waals surface area contributed by atoms with Crippen LogP contribution in [0.15, 0.2) is 28.7 Å². The van der Waals surface area contributed by atoms with Crippen molar-refractivity contribution in [1.82, 2.24) is 0 Å². The average molecular weight is 272 g/mol. The number of aliphatic carboxylic acids is 1. The van der Waals surface area contributed by atoms with Crippen LogP contribution in [0, 0.1) is 0 Å². The molecule has 0 radical (unpaired) electrons. The first kappa shape index (κ1) is 13.5. The lowest BCUT2D eigenvalue weighted by atomic mass is 10.0. The van der Waals surface area contributed by atoms with Crippen molar-refractivity contribution in [1.29, 1.82) is 0 Å². The van der Waals surface area contributed by atoms with Gasteiger partial charge in [-0.25, -0.2) is 0 Å². The molecular weight excluding hydrogens is 261 g/mol. The van der Waals surface area contributed by atoms with Crippen LogP contribution >= 0.6 is 0 Å². The van der Waals surface area contributed by atoms with Crippen molar-refractivity contribution in [2.75, 3.05) is 0 Å². The molecule has 0 bridgehead atoms. The van der Waals surface area contributed by atoms with Crippen LogP contribution in [0.2, 0.25) is 0 Å². The third-order valence-electron chi connectivity index (χ3n) is 2.85. The highest BCUT2D eigenvalue weighted by atomic mass is 19.4. The Morgan fingerprint density at radius 3 is 2.68 bits per heavy atom. The molecule has 0 saturated carbocycles. The van der Waals surface area contributed by atoms with Crippen LogP contribution in [0.4, 0.5) is 13.2 Å². The standard InChI is InChI=1S/C13H11F3O3/c1-7(5-12(17)18)11-6-8-9(13(14,15)16)3-2-4-10(8)19-11/h2-4,6-7H,5H2,1H3,(H,17,18). The molecule has 2 rings (SSSR count). The van der Waals surface area contributed by atoms with E-state index in [2.05, 4.69) is 0 Å². The van der Waals surface area contributed by atoms with E-state index in [1.165, 1.54) is 18.2 Å². The molecule has 1 unspecified atom stereocenters. The summed E-state index contributed by atoms with van der Waals surface area (Å²) in [6.45, 7) is 1.60. The number of alkyl halides is 3. The third-order valence-corrected chi connectivity index (χ3v) is 2.85. The molecule has 0 spiro atoms. The van der Waals surface area contributed by atoms with Crippen molar-refractivity contribution in [2.45, 2.75) is 25.4 Å². The largest absolute Gasteiger partial charge is 0.481 e. The van der Waals surface area contributed by atoms with E-state index in [0.717, 1.165) is 6.07 Å². The molecule has 1 aromatic carbocycles. The Morgan fingerprint density at radius 1 is 1.42 bits per heavy atom. The van der Waals surface area contributed by atoms with Crippen molar-refractivity contribution in [3.8, 4) is 0 Å². The van der Waals surface area contributed by atoms with E-state index in [0.29, 0.717) is 0 Å². The predicted molar refractivity (Wildman–Crippen MR) is 61.9 cm³/mol. The first-order valence-electron chi connectivity index (χ1n) is 5.60. The van der Waals surface area contributed by atoms with Crippen LogP contribution in [-0.2, 0) is 11.0 Å². The Hall–Kier alpha value is -1.98. The van der Waals surface area contributed by atoms with Gasteiger partial charge in [0.15, 0.2) is 0 Å². The summed E-state index contributed by atoms with van der Waals surface area (Å²) < 4.78 is 43.7. The van der Waals surface area contributed by atoms with E-state index < -0.39 is 23.6 Å². The van der Waals surface area contributed by atoms with Crippen molar-refractivity contribution < 1.29 is 27.5 Å². The Morgan fingerprint density at radius 2 is 2.11 bits per heavy atom. The van der Waals surface area contributed by atoms with Gasteiger partial charge in [-0.3, -0.25) is 4.79 Å². The lowest BCUT2D eigenvalue weighted by molar-refractivity contribution is -0.138. The smallest absolute Gasteiger partial charge is 0.417 e. The minimum Gasteiger partial charge on any atom is -0.481 e. The molecule has 1 atom stereocenters. The van der Waals surface area contributed by atoms with Gasteiger partial charge in [0.1, 0.15) is 11.3 Å². The highest BCUT2D eigenvalue weighted by molar-refractivity contribution is 5.82. The Labute approximate surface area is 106 Å². The fourth-order valence-corrected chi connectivity index (χ4v) is 1.93. The summed E-state index contributed by atoms with van der Waals surface area (Å²) in [6, 6.07) is 4.94. The molecule has 0 aliphatic rings. The normalized spacial score (nSPS) is 13.7. The van der Waals surface area contributed by atoms with Crippen LogP contribution in [0.25, 0.3) is 11.0 Å². The number of furan rings is 1. The van der Waals surface area contributed by atoms with E-state index in [1.807, 2.05) is 0 Å². The second kappa shape index (κ2) is 4.60. The Bertz CT molecular complexity index is 613. The summed E-state index contributed by atoms with van der Waals surface area (Å²) in [6.07, 6.45) is -4.65. The predicted octanol–water partition coefficient (Wildman–Crippen LogP) is 4.03. The number of carboxylic acids is 1. The molecule has 0 aliphatic carbocycles. The quantitative estimate of drug-likeness (QED) is 0.917. The molecule has 3 nitrogen and oxygen atoms in total. The summed E-state index contributed by atoms with van der Waals surface area (Å²) in [4.78, 5) is 10.6. The van der Waals surface area contributed by atoms with E-state index in [1.54, 1.807) is 6.92 Å². The van der Waals surface area contributed by atoms with E-state index in [9.17, 15) is 18.0 Å². The summed E-state index contributed by atoms with van der Waals surface area (Å²) in [7, 11) is 0. The van der Waals surface area contributed by atoms with E-state index >= 15 is 0 Å². The van der Waals surface area contributed by atoms with Gasteiger partial charge in [0.2, 0.25) is 0 Å². The van der Waals surface area contributed by atoms with Gasteiger partial charge in [0.25, 0.3) is 0 Å². The van der Waals surface area contributed by atoms with Gasteiger partial charge in [-0.05, 0) is 18.2 Å². The number of halogens is 3. The van der Waals surface area contributed by atoms with Gasteiger partial charge < -0.3 is 9.52 Å². The van der Waals surface area contributed by atoms with Gasteiger partial charge in [0.05, 0.1) is 12.0 Å². The van der Waals surface area contributed by atoms with Gasteiger partial charge >= 0.3 is 12.1 Å². The second-order valence-electron chi connectivity index (χ2n) is 4.36. The number of carboxylic acid groups (broad SMARTS) is 1. The maximum atomic E-state index is 12.8. The summed E-state index contributed by atoms with van der Waals surface area (Å²) in [5.74, 6) is -1.26. The van der Waals surface area contributed by atoms with Crippen LogP contribution in [-0.4, -0.2) is 11.1 Å². The number of carbonyl (C=O) groups is 1. The number of hydrogen-bond acceptors (Lipinski definition) is 2. The third kappa shape index (κ3) is 2.72. The average Bonchev–Trinajstić information content (AvgIpc) is 2.69. The second-order valence-corrected chi connectivity index (χ2v) is 4.36. The van der Waals surface area contributed by atoms with E-state index in [-0.39, 0.29) is 23.2 Å². The Kier molecular flexibility index (Phi) is 3.26. The van der Waals surface area contributed by atoms with Crippen LogP contribution in [0.1, 0.15) is 30.6 Å². The maximum absolute atomic E-state index is 12.8. The van der Waals surface area contributed by atoms with Crippen molar-refractivity contribution >= 4 is 16.9 Å².